The molecule has 0 unspecified atom stereocenters. The third-order valence-corrected chi connectivity index (χ3v) is 2.28. The van der Waals surface area contributed by atoms with Crippen LogP contribution in [0.1, 0.15) is 0 Å². The van der Waals surface area contributed by atoms with Gasteiger partial charge < -0.3 is 15.2 Å². The molecule has 74 valence electrons. The highest BCUT2D eigenvalue weighted by molar-refractivity contribution is 5.81. The van der Waals surface area contributed by atoms with E-state index in [1.54, 1.807) is 0 Å². The van der Waals surface area contributed by atoms with Crippen molar-refractivity contribution in [1.29, 1.82) is 0 Å². The van der Waals surface area contributed by atoms with E-state index in [2.05, 4.69) is 9.55 Å². The molecule has 1 aromatic heterocycles. The maximum atomic E-state index is 5.70. The first-order valence-corrected chi connectivity index (χ1v) is 4.49. The standard InChI is InChI=1S/C10H14N4/c1-13(2)10-12-8-6-7(11)4-5-9(8)14(10)3/h4-6H,11H2,1-3H3. The van der Waals surface area contributed by atoms with Crippen molar-refractivity contribution in [1.82, 2.24) is 9.55 Å². The minimum Gasteiger partial charge on any atom is -0.399 e. The molecule has 0 spiro atoms. The second-order valence-electron chi connectivity index (χ2n) is 3.61. The summed E-state index contributed by atoms with van der Waals surface area (Å²) < 4.78 is 2.05. The number of rotatable bonds is 1. The lowest BCUT2D eigenvalue weighted by atomic mass is 10.3. The maximum absolute atomic E-state index is 5.70. The van der Waals surface area contributed by atoms with Crippen molar-refractivity contribution < 1.29 is 0 Å². The highest BCUT2D eigenvalue weighted by atomic mass is 15.3. The molecule has 0 aliphatic carbocycles. The number of aryl methyl sites for hydroxylation is 1. The lowest BCUT2D eigenvalue weighted by Gasteiger charge is -2.10. The van der Waals surface area contributed by atoms with Crippen LogP contribution in [0, 0.1) is 0 Å². The highest BCUT2D eigenvalue weighted by Gasteiger charge is 2.08. The van der Waals surface area contributed by atoms with Crippen molar-refractivity contribution in [3.8, 4) is 0 Å². The zero-order chi connectivity index (χ0) is 10.3. The van der Waals surface area contributed by atoms with Crippen molar-refractivity contribution in [2.75, 3.05) is 24.7 Å². The highest BCUT2D eigenvalue weighted by Crippen LogP contribution is 2.21. The summed E-state index contributed by atoms with van der Waals surface area (Å²) in [6.45, 7) is 0. The van der Waals surface area contributed by atoms with Crippen LogP contribution in [0.2, 0.25) is 0 Å². The quantitative estimate of drug-likeness (QED) is 0.688. The normalized spacial score (nSPS) is 10.8. The summed E-state index contributed by atoms with van der Waals surface area (Å²) in [6.07, 6.45) is 0. The molecule has 0 radical (unpaired) electrons. The molecule has 2 N–H and O–H groups in total. The second-order valence-corrected chi connectivity index (χ2v) is 3.61. The Kier molecular flexibility index (Phi) is 1.84. The van der Waals surface area contributed by atoms with Gasteiger partial charge in [0, 0.05) is 26.8 Å². The summed E-state index contributed by atoms with van der Waals surface area (Å²) in [6, 6.07) is 5.77. The van der Waals surface area contributed by atoms with E-state index in [4.69, 9.17) is 5.73 Å². The molecule has 2 aromatic rings. The average Bonchev–Trinajstić information content (AvgIpc) is 2.43. The molecule has 2 rings (SSSR count). The van der Waals surface area contributed by atoms with Crippen LogP contribution in [0.5, 0.6) is 0 Å². The van der Waals surface area contributed by atoms with Crippen molar-refractivity contribution in [3.05, 3.63) is 18.2 Å². The van der Waals surface area contributed by atoms with Gasteiger partial charge in [0.2, 0.25) is 5.95 Å². The van der Waals surface area contributed by atoms with E-state index < -0.39 is 0 Å². The van der Waals surface area contributed by atoms with Crippen molar-refractivity contribution in [3.63, 3.8) is 0 Å². The summed E-state index contributed by atoms with van der Waals surface area (Å²) in [5.41, 5.74) is 8.49. The molecular weight excluding hydrogens is 176 g/mol. The molecule has 1 aromatic carbocycles. The van der Waals surface area contributed by atoms with Gasteiger partial charge in [0.15, 0.2) is 0 Å². The van der Waals surface area contributed by atoms with Crippen LogP contribution >= 0.6 is 0 Å². The minimum atomic E-state index is 0.751. The van der Waals surface area contributed by atoms with Crippen LogP contribution < -0.4 is 10.6 Å². The fourth-order valence-corrected chi connectivity index (χ4v) is 1.60. The molecular formula is C10H14N4. The van der Waals surface area contributed by atoms with Crippen LogP contribution in [0.4, 0.5) is 11.6 Å². The van der Waals surface area contributed by atoms with Gasteiger partial charge in [0.25, 0.3) is 0 Å². The van der Waals surface area contributed by atoms with Crippen LogP contribution in [-0.4, -0.2) is 23.6 Å². The molecule has 0 saturated carbocycles. The third kappa shape index (κ3) is 1.19. The largest absolute Gasteiger partial charge is 0.399 e. The van der Waals surface area contributed by atoms with E-state index in [0.717, 1.165) is 22.7 Å². The topological polar surface area (TPSA) is 47.1 Å². The van der Waals surface area contributed by atoms with Gasteiger partial charge in [0.1, 0.15) is 0 Å². The molecule has 0 amide bonds. The lowest BCUT2D eigenvalue weighted by Crippen LogP contribution is -2.13. The van der Waals surface area contributed by atoms with Gasteiger partial charge in [-0.3, -0.25) is 0 Å². The monoisotopic (exact) mass is 190 g/mol. The fourth-order valence-electron chi connectivity index (χ4n) is 1.60. The van der Waals surface area contributed by atoms with Gasteiger partial charge >= 0.3 is 0 Å². The number of fused-ring (bicyclic) bond motifs is 1. The Morgan fingerprint density at radius 3 is 2.71 bits per heavy atom. The number of nitrogens with zero attached hydrogens (tertiary/aromatic N) is 3. The molecule has 0 aliphatic heterocycles. The Labute approximate surface area is 82.9 Å². The van der Waals surface area contributed by atoms with E-state index in [9.17, 15) is 0 Å². The number of nitrogens with two attached hydrogens (primary N) is 1. The Balaban J connectivity index is 2.73. The first kappa shape index (κ1) is 8.87. The second kappa shape index (κ2) is 2.90. The summed E-state index contributed by atoms with van der Waals surface area (Å²) in [5, 5.41) is 0. The summed E-state index contributed by atoms with van der Waals surface area (Å²) in [5.74, 6) is 0.936. The Bertz CT molecular complexity index is 470. The Hall–Kier alpha value is -1.71. The summed E-state index contributed by atoms with van der Waals surface area (Å²) >= 11 is 0. The van der Waals surface area contributed by atoms with Crippen LogP contribution in [-0.2, 0) is 7.05 Å². The number of imidazole rings is 1. The predicted octanol–water partition coefficient (Wildman–Crippen LogP) is 1.22. The van der Waals surface area contributed by atoms with Crippen molar-refractivity contribution >= 4 is 22.7 Å². The zero-order valence-electron chi connectivity index (χ0n) is 8.65. The Morgan fingerprint density at radius 1 is 1.36 bits per heavy atom. The molecule has 4 nitrogen and oxygen atoms in total. The zero-order valence-corrected chi connectivity index (χ0v) is 8.65. The van der Waals surface area contributed by atoms with Gasteiger partial charge in [-0.15, -0.1) is 0 Å². The third-order valence-electron chi connectivity index (χ3n) is 2.28. The van der Waals surface area contributed by atoms with Gasteiger partial charge in [-0.2, -0.15) is 0 Å². The minimum absolute atomic E-state index is 0.751. The number of nitrogen functional groups attached to an aromatic ring is 1. The molecule has 0 atom stereocenters. The van der Waals surface area contributed by atoms with Crippen LogP contribution in [0.3, 0.4) is 0 Å². The van der Waals surface area contributed by atoms with Gasteiger partial charge in [-0.05, 0) is 18.2 Å². The van der Waals surface area contributed by atoms with Crippen molar-refractivity contribution in [2.45, 2.75) is 0 Å². The summed E-state index contributed by atoms with van der Waals surface area (Å²) in [7, 11) is 5.95. The van der Waals surface area contributed by atoms with Gasteiger partial charge in [0.05, 0.1) is 11.0 Å². The molecule has 0 fully saturated rings. The van der Waals surface area contributed by atoms with E-state index >= 15 is 0 Å². The number of aromatic nitrogens is 2. The summed E-state index contributed by atoms with van der Waals surface area (Å²) in [4.78, 5) is 6.46. The number of hydrogen-bond acceptors (Lipinski definition) is 3. The van der Waals surface area contributed by atoms with Crippen LogP contribution in [0.25, 0.3) is 11.0 Å². The van der Waals surface area contributed by atoms with Crippen molar-refractivity contribution in [2.24, 2.45) is 7.05 Å². The predicted molar refractivity (Wildman–Crippen MR) is 59.5 cm³/mol. The molecule has 0 bridgehead atoms. The van der Waals surface area contributed by atoms with E-state index in [1.807, 2.05) is 44.2 Å². The number of hydrogen-bond donors (Lipinski definition) is 1. The Morgan fingerprint density at radius 2 is 2.07 bits per heavy atom. The van der Waals surface area contributed by atoms with E-state index in [-0.39, 0.29) is 0 Å². The van der Waals surface area contributed by atoms with Gasteiger partial charge in [-0.1, -0.05) is 0 Å². The van der Waals surface area contributed by atoms with E-state index in [0.29, 0.717) is 0 Å². The molecule has 4 heteroatoms. The lowest BCUT2D eigenvalue weighted by molar-refractivity contribution is 0.890. The molecule has 14 heavy (non-hydrogen) atoms. The number of anilines is 2. The molecule has 0 saturated heterocycles. The SMILES string of the molecule is CN(C)c1nc2cc(N)ccc2n1C. The van der Waals surface area contributed by atoms with E-state index in [1.165, 1.54) is 0 Å². The first-order chi connectivity index (χ1) is 6.59. The van der Waals surface area contributed by atoms with Gasteiger partial charge in [-0.25, -0.2) is 4.98 Å². The first-order valence-electron chi connectivity index (χ1n) is 4.49. The smallest absolute Gasteiger partial charge is 0.205 e. The number of benzene rings is 1. The molecule has 0 aliphatic rings. The maximum Gasteiger partial charge on any atom is 0.205 e. The fraction of sp³-hybridized carbons (Fsp3) is 0.300. The average molecular weight is 190 g/mol. The molecule has 1 heterocycles. The van der Waals surface area contributed by atoms with Crippen LogP contribution in [0.15, 0.2) is 18.2 Å².